The third-order valence-electron chi connectivity index (χ3n) is 5.26. The average Bonchev–Trinajstić information content (AvgIpc) is 3.32. The van der Waals surface area contributed by atoms with Gasteiger partial charge in [-0.25, -0.2) is 0 Å². The van der Waals surface area contributed by atoms with Crippen LogP contribution < -0.4 is 10.2 Å². The molecule has 1 aliphatic heterocycles. The minimum Gasteiger partial charge on any atom is -0.321 e. The highest BCUT2D eigenvalue weighted by atomic mass is 32.1. The van der Waals surface area contributed by atoms with E-state index in [1.54, 1.807) is 11.3 Å². The fourth-order valence-corrected chi connectivity index (χ4v) is 4.79. The quantitative estimate of drug-likeness (QED) is 0.739. The van der Waals surface area contributed by atoms with Gasteiger partial charge in [-0.3, -0.25) is 4.79 Å². The summed E-state index contributed by atoms with van der Waals surface area (Å²) in [6, 6.07) is 19.0. The second-order valence-corrected chi connectivity index (χ2v) is 7.79. The Bertz CT molecular complexity index is 874. The number of amides is 1. The predicted octanol–water partition coefficient (Wildman–Crippen LogP) is 3.65. The molecule has 0 radical (unpaired) electrons. The largest absolute Gasteiger partial charge is 0.321 e. The summed E-state index contributed by atoms with van der Waals surface area (Å²) in [7, 11) is 0. The zero-order chi connectivity index (χ0) is 17.2. The molecule has 1 aliphatic rings. The van der Waals surface area contributed by atoms with Crippen molar-refractivity contribution in [1.29, 1.82) is 0 Å². The molecule has 2 N–H and O–H groups in total. The fraction of sp³-hybridized carbons (Fsp3) is 0.286. The maximum atomic E-state index is 12.8. The molecular weight excluding hydrogens is 328 g/mol. The van der Waals surface area contributed by atoms with Crippen LogP contribution in [0.5, 0.6) is 0 Å². The van der Waals surface area contributed by atoms with Crippen LogP contribution >= 0.6 is 11.3 Å². The number of fused-ring (bicyclic) bond motifs is 1. The molecule has 128 valence electrons. The van der Waals surface area contributed by atoms with Gasteiger partial charge in [-0.2, -0.15) is 0 Å². The van der Waals surface area contributed by atoms with E-state index in [0.717, 1.165) is 17.6 Å². The van der Waals surface area contributed by atoms with Crippen LogP contribution in [0.1, 0.15) is 30.7 Å². The Balaban J connectivity index is 1.49. The molecule has 2 heterocycles. The zero-order valence-electron chi connectivity index (χ0n) is 14.4. The lowest BCUT2D eigenvalue weighted by Gasteiger charge is -2.26. The molecular formula is C21H23N2OS+. The molecule has 0 aliphatic carbocycles. The highest BCUT2D eigenvalue weighted by Crippen LogP contribution is 2.24. The monoisotopic (exact) mass is 351 g/mol. The van der Waals surface area contributed by atoms with E-state index < -0.39 is 0 Å². The number of anilines is 1. The number of quaternary nitrogens is 1. The number of benzene rings is 2. The minimum atomic E-state index is -0.0546. The van der Waals surface area contributed by atoms with Crippen LogP contribution in [-0.4, -0.2) is 18.5 Å². The first-order chi connectivity index (χ1) is 12.2. The van der Waals surface area contributed by atoms with Gasteiger partial charge in [0.25, 0.3) is 5.91 Å². The van der Waals surface area contributed by atoms with Crippen molar-refractivity contribution in [2.45, 2.75) is 31.8 Å². The smallest absolute Gasteiger partial charge is 0.282 e. The molecule has 3 nitrogen and oxygen atoms in total. The second-order valence-electron chi connectivity index (χ2n) is 6.81. The average molecular weight is 351 g/mol. The highest BCUT2D eigenvalue weighted by molar-refractivity contribution is 7.10. The Morgan fingerprint density at radius 3 is 2.80 bits per heavy atom. The summed E-state index contributed by atoms with van der Waals surface area (Å²) in [6.45, 7) is 3.12. The molecule has 2 aromatic carbocycles. The number of thiophene rings is 1. The number of carbonyl (C=O) groups excluding carboxylic acids is 1. The first-order valence-corrected chi connectivity index (χ1v) is 9.79. The van der Waals surface area contributed by atoms with E-state index in [1.165, 1.54) is 28.0 Å². The van der Waals surface area contributed by atoms with Gasteiger partial charge in [-0.05, 0) is 41.3 Å². The van der Waals surface area contributed by atoms with E-state index in [-0.39, 0.29) is 11.9 Å². The molecule has 3 atom stereocenters. The maximum absolute atomic E-state index is 12.8. The number of rotatable bonds is 4. The zero-order valence-corrected chi connectivity index (χ0v) is 15.2. The lowest BCUT2D eigenvalue weighted by molar-refractivity contribution is -0.931. The van der Waals surface area contributed by atoms with Gasteiger partial charge in [-0.1, -0.05) is 36.4 Å². The van der Waals surface area contributed by atoms with Crippen LogP contribution in [0.4, 0.5) is 5.69 Å². The summed E-state index contributed by atoms with van der Waals surface area (Å²) in [6.07, 6.45) is 2.36. The Morgan fingerprint density at radius 2 is 2.00 bits per heavy atom. The van der Waals surface area contributed by atoms with Crippen LogP contribution in [0.2, 0.25) is 0 Å². The predicted molar refractivity (Wildman–Crippen MR) is 104 cm³/mol. The third kappa shape index (κ3) is 3.32. The summed E-state index contributed by atoms with van der Waals surface area (Å²) in [5.74, 6) is 0.105. The number of likely N-dealkylation sites (tertiary alicyclic amines) is 1. The molecule has 0 saturated carbocycles. The maximum Gasteiger partial charge on any atom is 0.282 e. The SMILES string of the molecule is C[C@H](C(=O)Nc1ccc2ccccc2c1)[NH+]1CCC[C@@H]1c1cccs1. The summed E-state index contributed by atoms with van der Waals surface area (Å²) in [5.41, 5.74) is 0.877. The summed E-state index contributed by atoms with van der Waals surface area (Å²) in [4.78, 5) is 15.6. The van der Waals surface area contributed by atoms with Crippen molar-refractivity contribution >= 4 is 33.7 Å². The number of carbonyl (C=O) groups is 1. The second kappa shape index (κ2) is 6.98. The lowest BCUT2D eigenvalue weighted by Crippen LogP contribution is -3.15. The van der Waals surface area contributed by atoms with E-state index in [1.807, 2.05) is 18.2 Å². The van der Waals surface area contributed by atoms with E-state index in [4.69, 9.17) is 0 Å². The van der Waals surface area contributed by atoms with Crippen molar-refractivity contribution in [2.75, 3.05) is 11.9 Å². The van der Waals surface area contributed by atoms with Crippen LogP contribution in [0.15, 0.2) is 60.0 Å². The Kier molecular flexibility index (Phi) is 4.55. The first kappa shape index (κ1) is 16.3. The molecule has 1 aromatic heterocycles. The molecule has 3 aromatic rings. The van der Waals surface area contributed by atoms with Gasteiger partial charge in [0.15, 0.2) is 6.04 Å². The van der Waals surface area contributed by atoms with Gasteiger partial charge in [0.1, 0.15) is 6.04 Å². The van der Waals surface area contributed by atoms with Gasteiger partial charge in [0, 0.05) is 18.5 Å². The van der Waals surface area contributed by atoms with Gasteiger partial charge in [0.2, 0.25) is 0 Å². The van der Waals surface area contributed by atoms with Crippen molar-refractivity contribution in [2.24, 2.45) is 0 Å². The van der Waals surface area contributed by atoms with Crippen molar-refractivity contribution in [3.05, 3.63) is 64.9 Å². The molecule has 0 spiro atoms. The van der Waals surface area contributed by atoms with E-state index in [9.17, 15) is 4.79 Å². The normalized spacial score (nSPS) is 21.3. The van der Waals surface area contributed by atoms with E-state index >= 15 is 0 Å². The van der Waals surface area contributed by atoms with Crippen LogP contribution in [0, 0.1) is 0 Å². The topological polar surface area (TPSA) is 33.5 Å². The summed E-state index contributed by atoms with van der Waals surface area (Å²) >= 11 is 1.81. The van der Waals surface area contributed by atoms with Crippen molar-refractivity contribution in [1.82, 2.24) is 0 Å². The summed E-state index contributed by atoms with van der Waals surface area (Å²) in [5, 5.41) is 7.59. The number of hydrogen-bond donors (Lipinski definition) is 2. The van der Waals surface area contributed by atoms with Gasteiger partial charge in [-0.15, -0.1) is 11.3 Å². The van der Waals surface area contributed by atoms with Gasteiger partial charge < -0.3 is 10.2 Å². The Hall–Kier alpha value is -2.17. The Labute approximate surface area is 152 Å². The van der Waals surface area contributed by atoms with Gasteiger partial charge in [0.05, 0.1) is 11.4 Å². The van der Waals surface area contributed by atoms with Crippen molar-refractivity contribution in [3.63, 3.8) is 0 Å². The molecule has 1 unspecified atom stereocenters. The highest BCUT2D eigenvalue weighted by Gasteiger charge is 2.37. The van der Waals surface area contributed by atoms with Crippen LogP contribution in [0.25, 0.3) is 10.8 Å². The molecule has 1 fully saturated rings. The standard InChI is InChI=1S/C21H22N2OS/c1-15(23-12-4-8-19(23)20-9-5-13-25-20)21(24)22-18-11-10-16-6-2-3-7-17(16)14-18/h2-3,5-7,9-11,13-15,19H,4,8,12H2,1H3,(H,22,24)/p+1/t15-,19-/m1/s1. The molecule has 4 rings (SSSR count). The van der Waals surface area contributed by atoms with Crippen molar-refractivity contribution in [3.8, 4) is 0 Å². The van der Waals surface area contributed by atoms with E-state index in [2.05, 4.69) is 54.0 Å². The lowest BCUT2D eigenvalue weighted by atomic mass is 10.1. The van der Waals surface area contributed by atoms with Crippen LogP contribution in [0.3, 0.4) is 0 Å². The number of hydrogen-bond acceptors (Lipinski definition) is 2. The number of nitrogens with one attached hydrogen (secondary N) is 2. The fourth-order valence-electron chi connectivity index (χ4n) is 3.89. The minimum absolute atomic E-state index is 0.0546. The molecule has 4 heteroatoms. The van der Waals surface area contributed by atoms with Crippen LogP contribution in [-0.2, 0) is 4.79 Å². The van der Waals surface area contributed by atoms with Crippen molar-refractivity contribution < 1.29 is 9.69 Å². The van der Waals surface area contributed by atoms with Gasteiger partial charge >= 0.3 is 0 Å². The molecule has 1 saturated heterocycles. The summed E-state index contributed by atoms with van der Waals surface area (Å²) < 4.78 is 0. The van der Waals surface area contributed by atoms with E-state index in [0.29, 0.717) is 6.04 Å². The third-order valence-corrected chi connectivity index (χ3v) is 6.24. The first-order valence-electron chi connectivity index (χ1n) is 8.91. The molecule has 0 bridgehead atoms. The molecule has 1 amide bonds. The Morgan fingerprint density at radius 1 is 1.16 bits per heavy atom. The molecule has 25 heavy (non-hydrogen) atoms.